The van der Waals surface area contributed by atoms with Gasteiger partial charge in [-0.2, -0.15) is 0 Å². The van der Waals surface area contributed by atoms with Crippen LogP contribution in [0.3, 0.4) is 0 Å². The molecular formula is C14H19NO5. The third-order valence-corrected chi connectivity index (χ3v) is 2.73. The molecule has 0 aliphatic rings. The van der Waals surface area contributed by atoms with E-state index in [0.29, 0.717) is 12.8 Å². The fraction of sp³-hybridized carbons (Fsp3) is 0.357. The summed E-state index contributed by atoms with van der Waals surface area (Å²) >= 11 is 0. The van der Waals surface area contributed by atoms with Crippen molar-refractivity contribution in [2.45, 2.75) is 25.8 Å². The molecule has 0 saturated carbocycles. The summed E-state index contributed by atoms with van der Waals surface area (Å²) in [5, 5.41) is 18.7. The fourth-order valence-electron chi connectivity index (χ4n) is 1.72. The van der Waals surface area contributed by atoms with Crippen molar-refractivity contribution in [2.24, 2.45) is 0 Å². The average molecular weight is 281 g/mol. The van der Waals surface area contributed by atoms with Gasteiger partial charge < -0.3 is 15.5 Å². The summed E-state index contributed by atoms with van der Waals surface area (Å²) < 4.78 is 0. The number of likely N-dealkylation sites (N-methyl/N-ethyl adjacent to an activating group) is 1. The van der Waals surface area contributed by atoms with Crippen molar-refractivity contribution in [3.63, 3.8) is 0 Å². The largest absolute Gasteiger partial charge is 0.483 e. The second-order valence-corrected chi connectivity index (χ2v) is 4.10. The van der Waals surface area contributed by atoms with Gasteiger partial charge in [-0.05, 0) is 44.5 Å². The zero-order chi connectivity index (χ0) is 15.5. The van der Waals surface area contributed by atoms with Gasteiger partial charge in [0.25, 0.3) is 6.47 Å². The lowest BCUT2D eigenvalue weighted by Gasteiger charge is -2.12. The van der Waals surface area contributed by atoms with Crippen molar-refractivity contribution in [1.82, 2.24) is 5.32 Å². The molecule has 1 atom stereocenters. The van der Waals surface area contributed by atoms with Gasteiger partial charge in [0.05, 0.1) is 11.6 Å². The Balaban J connectivity index is 0.00000110. The van der Waals surface area contributed by atoms with E-state index in [9.17, 15) is 9.59 Å². The molecule has 0 aliphatic heterocycles. The summed E-state index contributed by atoms with van der Waals surface area (Å²) in [4.78, 5) is 30.4. The van der Waals surface area contributed by atoms with Crippen LogP contribution in [0.4, 0.5) is 0 Å². The molecule has 110 valence electrons. The molecule has 0 spiro atoms. The predicted octanol–water partition coefficient (Wildman–Crippen LogP) is 1.20. The quantitative estimate of drug-likeness (QED) is 0.677. The van der Waals surface area contributed by atoms with Gasteiger partial charge in [0.1, 0.15) is 5.78 Å². The van der Waals surface area contributed by atoms with Crippen LogP contribution in [0.5, 0.6) is 0 Å². The molecule has 0 fully saturated rings. The summed E-state index contributed by atoms with van der Waals surface area (Å²) in [5.74, 6) is -0.828. The minimum absolute atomic E-state index is 0.0990. The van der Waals surface area contributed by atoms with Crippen LogP contribution in [0.1, 0.15) is 29.3 Å². The Morgan fingerprint density at radius 2 is 2.00 bits per heavy atom. The van der Waals surface area contributed by atoms with Crippen molar-refractivity contribution >= 4 is 18.2 Å². The van der Waals surface area contributed by atoms with Crippen molar-refractivity contribution < 1.29 is 24.6 Å². The zero-order valence-electron chi connectivity index (χ0n) is 11.5. The number of benzene rings is 1. The topological polar surface area (TPSA) is 104 Å². The van der Waals surface area contributed by atoms with E-state index in [1.165, 1.54) is 0 Å². The van der Waals surface area contributed by atoms with Crippen LogP contribution in [-0.4, -0.2) is 41.5 Å². The van der Waals surface area contributed by atoms with Crippen LogP contribution in [0.2, 0.25) is 0 Å². The Morgan fingerprint density at radius 3 is 2.45 bits per heavy atom. The van der Waals surface area contributed by atoms with E-state index in [1.54, 1.807) is 32.2 Å². The van der Waals surface area contributed by atoms with Gasteiger partial charge in [0.2, 0.25) is 0 Å². The van der Waals surface area contributed by atoms with Crippen LogP contribution >= 0.6 is 0 Å². The van der Waals surface area contributed by atoms with E-state index < -0.39 is 5.97 Å². The summed E-state index contributed by atoms with van der Waals surface area (Å²) in [6.45, 7) is 1.30. The fourth-order valence-corrected chi connectivity index (χ4v) is 1.72. The molecule has 1 rings (SSSR count). The number of ketones is 1. The highest BCUT2D eigenvalue weighted by atomic mass is 16.4. The number of nitrogens with one attached hydrogen (secondary N) is 1. The first-order valence-electron chi connectivity index (χ1n) is 6.04. The Hall–Kier alpha value is -2.21. The van der Waals surface area contributed by atoms with Gasteiger partial charge in [-0.1, -0.05) is 12.1 Å². The minimum atomic E-state index is -0.927. The third-order valence-electron chi connectivity index (χ3n) is 2.73. The van der Waals surface area contributed by atoms with E-state index in [1.807, 2.05) is 6.07 Å². The number of carbonyl (C=O) groups is 3. The highest BCUT2D eigenvalue weighted by Crippen LogP contribution is 2.09. The zero-order valence-corrected chi connectivity index (χ0v) is 11.5. The Bertz CT molecular complexity index is 459. The van der Waals surface area contributed by atoms with Gasteiger partial charge in [-0.3, -0.25) is 9.59 Å². The molecule has 0 heterocycles. The van der Waals surface area contributed by atoms with Crippen LogP contribution < -0.4 is 5.32 Å². The molecule has 1 aromatic carbocycles. The maximum atomic E-state index is 11.2. The molecule has 3 N–H and O–H groups in total. The molecule has 0 saturated heterocycles. The van der Waals surface area contributed by atoms with Crippen molar-refractivity contribution in [3.05, 3.63) is 35.4 Å². The lowest BCUT2D eigenvalue weighted by molar-refractivity contribution is -0.123. The molecule has 0 aromatic heterocycles. The van der Waals surface area contributed by atoms with Crippen molar-refractivity contribution in [3.8, 4) is 0 Å². The number of Topliss-reactive ketones (excluding diaryl/α,β-unsaturated/α-hetero) is 1. The first-order chi connectivity index (χ1) is 9.46. The maximum absolute atomic E-state index is 11.2. The second-order valence-electron chi connectivity index (χ2n) is 4.10. The number of hydrogen-bond donors (Lipinski definition) is 3. The summed E-state index contributed by atoms with van der Waals surface area (Å²) in [5.41, 5.74) is 1.22. The predicted molar refractivity (Wildman–Crippen MR) is 73.9 cm³/mol. The molecule has 1 aromatic rings. The van der Waals surface area contributed by atoms with Crippen LogP contribution in [0.25, 0.3) is 0 Å². The molecule has 20 heavy (non-hydrogen) atoms. The van der Waals surface area contributed by atoms with Crippen molar-refractivity contribution in [1.29, 1.82) is 0 Å². The monoisotopic (exact) mass is 281 g/mol. The van der Waals surface area contributed by atoms with E-state index >= 15 is 0 Å². The number of rotatable bonds is 6. The average Bonchev–Trinajstić information content (AvgIpc) is 2.40. The number of hydrogen-bond acceptors (Lipinski definition) is 4. The number of aryl methyl sites for hydroxylation is 1. The van der Waals surface area contributed by atoms with Gasteiger partial charge in [-0.25, -0.2) is 4.79 Å². The van der Waals surface area contributed by atoms with E-state index in [2.05, 4.69) is 5.32 Å². The lowest BCUT2D eigenvalue weighted by atomic mass is 10.0. The van der Waals surface area contributed by atoms with Gasteiger partial charge >= 0.3 is 5.97 Å². The van der Waals surface area contributed by atoms with Crippen LogP contribution in [0.15, 0.2) is 24.3 Å². The summed E-state index contributed by atoms with van der Waals surface area (Å²) in [7, 11) is 1.75. The van der Waals surface area contributed by atoms with Gasteiger partial charge in [0.15, 0.2) is 0 Å². The number of carboxylic acids is 1. The third kappa shape index (κ3) is 6.65. The Kier molecular flexibility index (Phi) is 8.61. The van der Waals surface area contributed by atoms with Crippen LogP contribution in [0, 0.1) is 0 Å². The maximum Gasteiger partial charge on any atom is 0.335 e. The minimum Gasteiger partial charge on any atom is -0.483 e. The molecule has 0 bridgehead atoms. The van der Waals surface area contributed by atoms with Gasteiger partial charge in [0, 0.05) is 0 Å². The highest BCUT2D eigenvalue weighted by Gasteiger charge is 2.11. The first kappa shape index (κ1) is 17.8. The molecule has 0 radical (unpaired) electrons. The van der Waals surface area contributed by atoms with Crippen LogP contribution in [-0.2, 0) is 16.0 Å². The number of carboxylic acid groups (broad SMARTS) is 2. The second kappa shape index (κ2) is 9.69. The standard InChI is InChI=1S/C13H17NO3.CH2O2/c1-9(15)12(14-2)7-6-10-4-3-5-11(8-10)13(16)17;2-1-3/h3-5,8,12,14H,6-7H2,1-2H3,(H,16,17);1H,(H,2,3). The number of aromatic carboxylic acids is 1. The molecule has 1 unspecified atom stereocenters. The SMILES string of the molecule is CNC(CCc1cccc(C(=O)O)c1)C(C)=O.O=CO. The first-order valence-corrected chi connectivity index (χ1v) is 6.04. The van der Waals surface area contributed by atoms with E-state index in [-0.39, 0.29) is 23.9 Å². The molecule has 6 heteroatoms. The van der Waals surface area contributed by atoms with E-state index in [4.69, 9.17) is 15.0 Å². The smallest absolute Gasteiger partial charge is 0.335 e. The van der Waals surface area contributed by atoms with Gasteiger partial charge in [-0.15, -0.1) is 0 Å². The Labute approximate surface area is 117 Å². The van der Waals surface area contributed by atoms with Crippen molar-refractivity contribution in [2.75, 3.05) is 7.05 Å². The summed E-state index contributed by atoms with van der Waals surface area (Å²) in [6.07, 6.45) is 1.36. The molecule has 6 nitrogen and oxygen atoms in total. The summed E-state index contributed by atoms with van der Waals surface area (Å²) in [6, 6.07) is 6.64. The molecular weight excluding hydrogens is 262 g/mol. The highest BCUT2D eigenvalue weighted by molar-refractivity contribution is 5.87. The molecule has 0 aliphatic carbocycles. The normalized spacial score (nSPS) is 10.9. The Morgan fingerprint density at radius 1 is 1.40 bits per heavy atom. The number of carbonyl (C=O) groups excluding carboxylic acids is 1. The lowest BCUT2D eigenvalue weighted by Crippen LogP contribution is -2.32. The van der Waals surface area contributed by atoms with E-state index in [0.717, 1.165) is 5.56 Å². The molecule has 0 amide bonds.